The van der Waals surface area contributed by atoms with Gasteiger partial charge in [0.25, 0.3) is 5.91 Å². The first-order valence-electron chi connectivity index (χ1n) is 7.13. The molecule has 0 saturated heterocycles. The number of carbonyl (C=O) groups is 1. The predicted molar refractivity (Wildman–Crippen MR) is 85.6 cm³/mol. The SMILES string of the molecule is NC(=O)c1cnccc1NCCCn1cnc2ccccc21. The van der Waals surface area contributed by atoms with E-state index in [1.54, 1.807) is 12.3 Å². The minimum absolute atomic E-state index is 0.413. The van der Waals surface area contributed by atoms with E-state index in [1.807, 2.05) is 24.5 Å². The van der Waals surface area contributed by atoms with E-state index >= 15 is 0 Å². The Bertz CT molecular complexity index is 796. The van der Waals surface area contributed by atoms with Crippen LogP contribution in [0.3, 0.4) is 0 Å². The number of nitrogens with two attached hydrogens (primary N) is 1. The number of rotatable bonds is 6. The number of aromatic nitrogens is 3. The van der Waals surface area contributed by atoms with Crippen molar-refractivity contribution in [1.29, 1.82) is 0 Å². The number of aryl methyl sites for hydroxylation is 1. The maximum absolute atomic E-state index is 11.3. The number of pyridine rings is 1. The molecule has 6 heteroatoms. The number of hydrogen-bond donors (Lipinski definition) is 2. The number of para-hydroxylation sites is 2. The fourth-order valence-corrected chi connectivity index (χ4v) is 2.41. The molecular weight excluding hydrogens is 278 g/mol. The molecule has 3 rings (SSSR count). The molecule has 1 aromatic carbocycles. The van der Waals surface area contributed by atoms with Gasteiger partial charge in [0.1, 0.15) is 0 Å². The van der Waals surface area contributed by atoms with Gasteiger partial charge < -0.3 is 15.6 Å². The molecule has 0 aliphatic rings. The van der Waals surface area contributed by atoms with E-state index in [4.69, 9.17) is 5.73 Å². The zero-order chi connectivity index (χ0) is 15.4. The highest BCUT2D eigenvalue weighted by Gasteiger charge is 2.07. The summed E-state index contributed by atoms with van der Waals surface area (Å²) in [6.07, 6.45) is 5.87. The topological polar surface area (TPSA) is 85.8 Å². The summed E-state index contributed by atoms with van der Waals surface area (Å²) in [7, 11) is 0. The lowest BCUT2D eigenvalue weighted by molar-refractivity contribution is 0.100. The van der Waals surface area contributed by atoms with Gasteiger partial charge >= 0.3 is 0 Å². The second-order valence-corrected chi connectivity index (χ2v) is 4.99. The van der Waals surface area contributed by atoms with Crippen LogP contribution in [0.2, 0.25) is 0 Å². The normalized spacial score (nSPS) is 10.7. The summed E-state index contributed by atoms with van der Waals surface area (Å²) in [6.45, 7) is 1.58. The van der Waals surface area contributed by atoms with Gasteiger partial charge in [0, 0.05) is 25.5 Å². The van der Waals surface area contributed by atoms with Crippen LogP contribution in [-0.2, 0) is 6.54 Å². The summed E-state index contributed by atoms with van der Waals surface area (Å²) >= 11 is 0. The van der Waals surface area contributed by atoms with E-state index in [2.05, 4.69) is 25.9 Å². The fourth-order valence-electron chi connectivity index (χ4n) is 2.41. The first kappa shape index (κ1) is 14.1. The summed E-state index contributed by atoms with van der Waals surface area (Å²) in [5.41, 5.74) is 8.59. The molecule has 0 spiro atoms. The van der Waals surface area contributed by atoms with Gasteiger partial charge in [-0.15, -0.1) is 0 Å². The van der Waals surface area contributed by atoms with Crippen LogP contribution >= 0.6 is 0 Å². The molecule has 0 aliphatic carbocycles. The maximum atomic E-state index is 11.3. The first-order valence-corrected chi connectivity index (χ1v) is 7.13. The van der Waals surface area contributed by atoms with Crippen molar-refractivity contribution < 1.29 is 4.79 Å². The summed E-state index contributed by atoms with van der Waals surface area (Å²) in [5.74, 6) is -0.476. The zero-order valence-corrected chi connectivity index (χ0v) is 12.1. The number of primary amides is 1. The average Bonchev–Trinajstić information content (AvgIpc) is 2.95. The number of amides is 1. The van der Waals surface area contributed by atoms with Crippen molar-refractivity contribution in [3.8, 4) is 0 Å². The predicted octanol–water partition coefficient (Wildman–Crippen LogP) is 2.03. The zero-order valence-electron chi connectivity index (χ0n) is 12.1. The Kier molecular flexibility index (Phi) is 4.00. The van der Waals surface area contributed by atoms with Gasteiger partial charge in [0.2, 0.25) is 0 Å². The number of benzene rings is 1. The molecular formula is C16H17N5O. The second kappa shape index (κ2) is 6.26. The molecule has 0 bridgehead atoms. The van der Waals surface area contributed by atoms with Crippen molar-refractivity contribution in [3.63, 3.8) is 0 Å². The number of fused-ring (bicyclic) bond motifs is 1. The van der Waals surface area contributed by atoms with Crippen LogP contribution in [0, 0.1) is 0 Å². The number of anilines is 1. The molecule has 22 heavy (non-hydrogen) atoms. The lowest BCUT2D eigenvalue weighted by Crippen LogP contribution is -2.15. The minimum Gasteiger partial charge on any atom is -0.384 e. The first-order chi connectivity index (χ1) is 10.8. The van der Waals surface area contributed by atoms with Crippen molar-refractivity contribution in [1.82, 2.24) is 14.5 Å². The molecule has 0 unspecified atom stereocenters. The summed E-state index contributed by atoms with van der Waals surface area (Å²) in [4.78, 5) is 19.6. The molecule has 3 aromatic rings. The second-order valence-electron chi connectivity index (χ2n) is 4.99. The third-order valence-electron chi connectivity index (χ3n) is 3.51. The Morgan fingerprint density at radius 3 is 3.00 bits per heavy atom. The molecule has 0 radical (unpaired) electrons. The largest absolute Gasteiger partial charge is 0.384 e. The Balaban J connectivity index is 1.59. The maximum Gasteiger partial charge on any atom is 0.252 e. The van der Waals surface area contributed by atoms with Gasteiger partial charge in [-0.3, -0.25) is 9.78 Å². The smallest absolute Gasteiger partial charge is 0.252 e. The highest BCUT2D eigenvalue weighted by molar-refractivity contribution is 5.98. The van der Waals surface area contributed by atoms with Crippen LogP contribution in [0.15, 0.2) is 49.1 Å². The summed E-state index contributed by atoms with van der Waals surface area (Å²) in [6, 6.07) is 9.81. The quantitative estimate of drug-likeness (QED) is 0.681. The third kappa shape index (κ3) is 2.90. The molecule has 0 saturated carbocycles. The van der Waals surface area contributed by atoms with Crippen molar-refractivity contribution >= 4 is 22.6 Å². The number of carbonyl (C=O) groups excluding carboxylic acids is 1. The summed E-state index contributed by atoms with van der Waals surface area (Å²) in [5, 5.41) is 3.23. The molecule has 6 nitrogen and oxygen atoms in total. The molecule has 0 atom stereocenters. The van der Waals surface area contributed by atoms with E-state index in [1.165, 1.54) is 6.20 Å². The van der Waals surface area contributed by atoms with E-state index in [9.17, 15) is 4.79 Å². The monoisotopic (exact) mass is 295 g/mol. The lowest BCUT2D eigenvalue weighted by atomic mass is 10.2. The van der Waals surface area contributed by atoms with E-state index in [0.717, 1.165) is 36.2 Å². The van der Waals surface area contributed by atoms with Gasteiger partial charge in [-0.05, 0) is 24.6 Å². The van der Waals surface area contributed by atoms with Crippen LogP contribution in [0.25, 0.3) is 11.0 Å². The molecule has 2 aromatic heterocycles. The molecule has 0 aliphatic heterocycles. The minimum atomic E-state index is -0.476. The van der Waals surface area contributed by atoms with Gasteiger partial charge in [0.05, 0.1) is 28.6 Å². The average molecular weight is 295 g/mol. The number of nitrogens with zero attached hydrogens (tertiary/aromatic N) is 3. The Morgan fingerprint density at radius 2 is 2.14 bits per heavy atom. The number of nitrogens with one attached hydrogen (secondary N) is 1. The van der Waals surface area contributed by atoms with Crippen molar-refractivity contribution in [2.24, 2.45) is 5.73 Å². The van der Waals surface area contributed by atoms with Gasteiger partial charge in [-0.2, -0.15) is 0 Å². The van der Waals surface area contributed by atoms with Crippen LogP contribution in [0.1, 0.15) is 16.8 Å². The Labute approximate surface area is 128 Å². The highest BCUT2D eigenvalue weighted by atomic mass is 16.1. The molecule has 3 N–H and O–H groups in total. The van der Waals surface area contributed by atoms with Gasteiger partial charge in [-0.1, -0.05) is 12.1 Å². The van der Waals surface area contributed by atoms with Crippen LogP contribution in [-0.4, -0.2) is 27.0 Å². The number of imidazole rings is 1. The fraction of sp³-hybridized carbons (Fsp3) is 0.188. The van der Waals surface area contributed by atoms with Gasteiger partial charge in [-0.25, -0.2) is 4.98 Å². The van der Waals surface area contributed by atoms with Crippen molar-refractivity contribution in [2.45, 2.75) is 13.0 Å². The lowest BCUT2D eigenvalue weighted by Gasteiger charge is -2.10. The van der Waals surface area contributed by atoms with E-state index in [0.29, 0.717) is 5.56 Å². The van der Waals surface area contributed by atoms with Gasteiger partial charge in [0.15, 0.2) is 0 Å². The molecule has 112 valence electrons. The van der Waals surface area contributed by atoms with Crippen LogP contribution in [0.5, 0.6) is 0 Å². The third-order valence-corrected chi connectivity index (χ3v) is 3.51. The Hall–Kier alpha value is -2.89. The molecule has 1 amide bonds. The highest BCUT2D eigenvalue weighted by Crippen LogP contribution is 2.14. The van der Waals surface area contributed by atoms with E-state index in [-0.39, 0.29) is 0 Å². The standard InChI is InChI=1S/C16H17N5O/c17-16(22)12-10-18-8-6-13(12)19-7-3-9-21-11-20-14-4-1-2-5-15(14)21/h1-2,4-6,8,10-11H,3,7,9H2,(H2,17,22)(H,18,19). The molecule has 0 fully saturated rings. The Morgan fingerprint density at radius 1 is 1.27 bits per heavy atom. The number of hydrogen-bond acceptors (Lipinski definition) is 4. The van der Waals surface area contributed by atoms with Crippen LogP contribution < -0.4 is 11.1 Å². The summed E-state index contributed by atoms with van der Waals surface area (Å²) < 4.78 is 2.12. The van der Waals surface area contributed by atoms with E-state index < -0.39 is 5.91 Å². The molecule has 2 heterocycles. The van der Waals surface area contributed by atoms with Crippen molar-refractivity contribution in [2.75, 3.05) is 11.9 Å². The van der Waals surface area contributed by atoms with Crippen molar-refractivity contribution in [3.05, 3.63) is 54.6 Å². The van der Waals surface area contributed by atoms with Crippen LogP contribution in [0.4, 0.5) is 5.69 Å².